The molecule has 0 fully saturated rings. The van der Waals surface area contributed by atoms with Gasteiger partial charge in [-0.1, -0.05) is 0 Å². The summed E-state index contributed by atoms with van der Waals surface area (Å²) in [4.78, 5) is 20.5. The molecule has 0 saturated carbocycles. The van der Waals surface area contributed by atoms with Gasteiger partial charge in [-0.05, 0) is 12.1 Å². The van der Waals surface area contributed by atoms with Crippen molar-refractivity contribution in [3.63, 3.8) is 0 Å². The summed E-state index contributed by atoms with van der Waals surface area (Å²) in [6, 6.07) is 3.55. The Kier molecular flexibility index (Phi) is 2.63. The van der Waals surface area contributed by atoms with Gasteiger partial charge in [0.25, 0.3) is 0 Å². The van der Waals surface area contributed by atoms with Gasteiger partial charge in [-0.3, -0.25) is 4.98 Å². The lowest BCUT2D eigenvalue weighted by Gasteiger charge is -2.00. The second-order valence-corrected chi connectivity index (χ2v) is 3.33. The van der Waals surface area contributed by atoms with Crippen molar-refractivity contribution in [1.82, 2.24) is 35.1 Å². The van der Waals surface area contributed by atoms with Crippen LogP contribution in [0.4, 0.5) is 0 Å². The van der Waals surface area contributed by atoms with Crippen LogP contribution in [-0.2, 0) is 0 Å². The minimum absolute atomic E-state index is 0.457. The lowest BCUT2D eigenvalue weighted by molar-refractivity contribution is 0.985. The van der Waals surface area contributed by atoms with E-state index in [2.05, 4.69) is 35.1 Å². The van der Waals surface area contributed by atoms with Gasteiger partial charge in [0.05, 0.1) is 6.20 Å². The van der Waals surface area contributed by atoms with Crippen LogP contribution in [0.2, 0.25) is 0 Å². The third-order valence-electron chi connectivity index (χ3n) is 2.17. The summed E-state index contributed by atoms with van der Waals surface area (Å²) in [6.07, 6.45) is 7.78. The van der Waals surface area contributed by atoms with Crippen LogP contribution in [0.25, 0.3) is 23.0 Å². The van der Waals surface area contributed by atoms with Crippen LogP contribution in [0.5, 0.6) is 0 Å². The summed E-state index contributed by atoms with van der Waals surface area (Å²) in [5.41, 5.74) is 1.18. The number of nitrogens with zero attached hydrogens (tertiary/aromatic N) is 7. The molecule has 0 N–H and O–H groups in total. The Hall–Kier alpha value is -2.83. The fraction of sp³-hybridized carbons (Fsp3) is 0. The van der Waals surface area contributed by atoms with Gasteiger partial charge in [0, 0.05) is 18.6 Å². The first-order valence-electron chi connectivity index (χ1n) is 5.17. The number of hydrogen-bond acceptors (Lipinski definition) is 7. The maximum Gasteiger partial charge on any atom is 0.183 e. The average molecular weight is 237 g/mol. The van der Waals surface area contributed by atoms with Crippen molar-refractivity contribution in [3.05, 3.63) is 43.2 Å². The Morgan fingerprint density at radius 1 is 0.833 bits per heavy atom. The zero-order chi connectivity index (χ0) is 12.2. The summed E-state index contributed by atoms with van der Waals surface area (Å²) < 4.78 is 0. The lowest BCUT2D eigenvalue weighted by atomic mass is 10.3. The Balaban J connectivity index is 2.05. The topological polar surface area (TPSA) is 90.2 Å². The molecule has 0 saturated heterocycles. The molecule has 3 rings (SSSR count). The first-order chi connectivity index (χ1) is 8.93. The first-order valence-corrected chi connectivity index (χ1v) is 5.17. The van der Waals surface area contributed by atoms with Crippen LogP contribution in [0.1, 0.15) is 0 Å². The zero-order valence-corrected chi connectivity index (χ0v) is 9.17. The van der Waals surface area contributed by atoms with Crippen molar-refractivity contribution < 1.29 is 0 Å². The largest absolute Gasteiger partial charge is 0.261 e. The van der Waals surface area contributed by atoms with Crippen LogP contribution < -0.4 is 0 Å². The molecule has 0 spiro atoms. The van der Waals surface area contributed by atoms with Crippen LogP contribution in [-0.4, -0.2) is 35.1 Å². The molecule has 0 aliphatic carbocycles. The van der Waals surface area contributed by atoms with E-state index in [-0.39, 0.29) is 0 Å². The van der Waals surface area contributed by atoms with Crippen molar-refractivity contribution in [1.29, 1.82) is 0 Å². The molecule has 0 aliphatic heterocycles. The molecule has 0 bridgehead atoms. The summed E-state index contributed by atoms with van der Waals surface area (Å²) in [6.45, 7) is 0. The number of rotatable bonds is 2. The third-order valence-corrected chi connectivity index (χ3v) is 2.17. The molecular formula is C11H7N7. The summed E-state index contributed by atoms with van der Waals surface area (Å²) in [7, 11) is 0. The van der Waals surface area contributed by atoms with E-state index in [0.29, 0.717) is 23.0 Å². The molecule has 0 amide bonds. The smallest absolute Gasteiger partial charge is 0.183 e. The van der Waals surface area contributed by atoms with E-state index in [9.17, 15) is 0 Å². The first kappa shape index (κ1) is 10.3. The highest BCUT2D eigenvalue weighted by Gasteiger charge is 2.07. The summed E-state index contributed by atoms with van der Waals surface area (Å²) in [5, 5.41) is 7.73. The molecule has 3 aromatic heterocycles. The number of hydrogen-bond donors (Lipinski definition) is 0. The minimum atomic E-state index is 0.457. The van der Waals surface area contributed by atoms with Gasteiger partial charge >= 0.3 is 0 Å². The number of aromatic nitrogens is 7. The van der Waals surface area contributed by atoms with Gasteiger partial charge in [-0.15, -0.1) is 5.10 Å². The van der Waals surface area contributed by atoms with Gasteiger partial charge < -0.3 is 0 Å². The zero-order valence-electron chi connectivity index (χ0n) is 9.17. The molecule has 0 radical (unpaired) electrons. The molecule has 0 unspecified atom stereocenters. The van der Waals surface area contributed by atoms with Crippen molar-refractivity contribution >= 4 is 0 Å². The molecule has 3 heterocycles. The summed E-state index contributed by atoms with van der Waals surface area (Å²) >= 11 is 0. The van der Waals surface area contributed by atoms with E-state index >= 15 is 0 Å². The second kappa shape index (κ2) is 4.58. The standard InChI is InChI=1S/C11H7N7/c1-2-8(18-16-3-1)10-14-7-15-11(17-10)9-6-12-4-5-13-9/h1-7H. The monoisotopic (exact) mass is 237 g/mol. The van der Waals surface area contributed by atoms with Crippen molar-refractivity contribution in [3.8, 4) is 23.0 Å². The van der Waals surface area contributed by atoms with E-state index in [4.69, 9.17) is 0 Å². The molecule has 0 atom stereocenters. The van der Waals surface area contributed by atoms with Crippen molar-refractivity contribution in [2.24, 2.45) is 0 Å². The Morgan fingerprint density at radius 3 is 2.44 bits per heavy atom. The normalized spacial score (nSPS) is 10.2. The lowest BCUT2D eigenvalue weighted by Crippen LogP contribution is -1.98. The Bertz CT molecular complexity index is 587. The molecule has 7 heteroatoms. The Morgan fingerprint density at radius 2 is 1.72 bits per heavy atom. The maximum atomic E-state index is 4.29. The van der Waals surface area contributed by atoms with Crippen LogP contribution >= 0.6 is 0 Å². The van der Waals surface area contributed by atoms with Crippen LogP contribution in [0, 0.1) is 0 Å². The molecule has 18 heavy (non-hydrogen) atoms. The average Bonchev–Trinajstić information content (AvgIpc) is 2.49. The highest BCUT2D eigenvalue weighted by atomic mass is 15.1. The van der Waals surface area contributed by atoms with Gasteiger partial charge in [0.1, 0.15) is 17.7 Å². The van der Waals surface area contributed by atoms with Gasteiger partial charge in [0.2, 0.25) is 0 Å². The molecule has 86 valence electrons. The van der Waals surface area contributed by atoms with Crippen molar-refractivity contribution in [2.45, 2.75) is 0 Å². The van der Waals surface area contributed by atoms with E-state index in [1.165, 1.54) is 6.33 Å². The van der Waals surface area contributed by atoms with E-state index in [1.54, 1.807) is 36.9 Å². The molecule has 7 nitrogen and oxygen atoms in total. The predicted molar refractivity (Wildman–Crippen MR) is 61.9 cm³/mol. The van der Waals surface area contributed by atoms with Gasteiger partial charge in [-0.2, -0.15) is 5.10 Å². The molecule has 3 aromatic rings. The molecular weight excluding hydrogens is 230 g/mol. The van der Waals surface area contributed by atoms with Gasteiger partial charge in [0.15, 0.2) is 11.6 Å². The maximum absolute atomic E-state index is 4.29. The van der Waals surface area contributed by atoms with Crippen LogP contribution in [0.15, 0.2) is 43.2 Å². The fourth-order valence-corrected chi connectivity index (χ4v) is 1.38. The SMILES string of the molecule is c1cnnc(-c2ncnc(-c3cnccn3)n2)c1. The summed E-state index contributed by atoms with van der Waals surface area (Å²) in [5.74, 6) is 0.914. The third kappa shape index (κ3) is 2.01. The highest BCUT2D eigenvalue weighted by molar-refractivity contribution is 5.53. The van der Waals surface area contributed by atoms with E-state index in [1.807, 2.05) is 0 Å². The highest BCUT2D eigenvalue weighted by Crippen LogP contribution is 2.13. The van der Waals surface area contributed by atoms with Gasteiger partial charge in [-0.25, -0.2) is 19.9 Å². The Labute approximate surface area is 102 Å². The second-order valence-electron chi connectivity index (χ2n) is 3.33. The molecule has 0 aromatic carbocycles. The minimum Gasteiger partial charge on any atom is -0.261 e. The fourth-order valence-electron chi connectivity index (χ4n) is 1.38. The van der Waals surface area contributed by atoms with Crippen molar-refractivity contribution in [2.75, 3.05) is 0 Å². The van der Waals surface area contributed by atoms with E-state index < -0.39 is 0 Å². The van der Waals surface area contributed by atoms with Crippen LogP contribution in [0.3, 0.4) is 0 Å². The molecule has 0 aliphatic rings. The predicted octanol–water partition coefficient (Wildman–Crippen LogP) is 0.786. The van der Waals surface area contributed by atoms with E-state index in [0.717, 1.165) is 0 Å². The quantitative estimate of drug-likeness (QED) is 0.650.